The molecule has 3 aliphatic rings. The van der Waals surface area contributed by atoms with Crippen LogP contribution in [0.4, 0.5) is 0 Å². The van der Waals surface area contributed by atoms with Crippen LogP contribution in [0.1, 0.15) is 29.6 Å². The van der Waals surface area contributed by atoms with E-state index in [-0.39, 0.29) is 17.7 Å². The number of allylic oxidation sites excluding steroid dienone is 3. The molecule has 1 heterocycles. The molecule has 120 valence electrons. The molecule has 1 aliphatic heterocycles. The molecule has 0 fully saturated rings. The van der Waals surface area contributed by atoms with E-state index in [0.717, 1.165) is 35.0 Å². The highest BCUT2D eigenvalue weighted by Gasteiger charge is 2.34. The molecule has 1 aromatic rings. The van der Waals surface area contributed by atoms with Crippen molar-refractivity contribution in [2.24, 2.45) is 10.9 Å². The molecule has 2 amide bonds. The minimum absolute atomic E-state index is 0.00298. The molecular formula is C19H15BrN2O2. The summed E-state index contributed by atoms with van der Waals surface area (Å²) in [5.74, 6) is -0.185. The van der Waals surface area contributed by atoms with E-state index >= 15 is 0 Å². The number of hydrogen-bond acceptors (Lipinski definition) is 2. The minimum atomic E-state index is -0.305. The lowest BCUT2D eigenvalue weighted by Gasteiger charge is -2.28. The van der Waals surface area contributed by atoms with Crippen LogP contribution in [0.3, 0.4) is 0 Å². The predicted octanol–water partition coefficient (Wildman–Crippen LogP) is 3.71. The first-order valence-corrected chi connectivity index (χ1v) is 8.73. The average molecular weight is 383 g/mol. The molecule has 1 aromatic carbocycles. The Labute approximate surface area is 148 Å². The van der Waals surface area contributed by atoms with Crippen LogP contribution < -0.4 is 5.32 Å². The van der Waals surface area contributed by atoms with Gasteiger partial charge in [-0.2, -0.15) is 0 Å². The van der Waals surface area contributed by atoms with Gasteiger partial charge in [0, 0.05) is 21.7 Å². The fraction of sp³-hybridized carbons (Fsp3) is 0.211. The van der Waals surface area contributed by atoms with Crippen LogP contribution in [0.15, 0.2) is 68.8 Å². The third-order valence-corrected chi connectivity index (χ3v) is 5.29. The van der Waals surface area contributed by atoms with Gasteiger partial charge < -0.3 is 5.32 Å². The largest absolute Gasteiger partial charge is 0.325 e. The smallest absolute Gasteiger partial charge is 0.278 e. The van der Waals surface area contributed by atoms with Crippen LogP contribution in [-0.2, 0) is 4.79 Å². The Morgan fingerprint density at radius 1 is 1.25 bits per heavy atom. The Bertz CT molecular complexity index is 877. The van der Waals surface area contributed by atoms with Crippen molar-refractivity contribution in [3.63, 3.8) is 0 Å². The van der Waals surface area contributed by atoms with Crippen molar-refractivity contribution in [2.45, 2.75) is 19.3 Å². The van der Waals surface area contributed by atoms with Crippen LogP contribution >= 0.6 is 15.9 Å². The summed E-state index contributed by atoms with van der Waals surface area (Å²) < 4.78 is 0.719. The number of carbonyl (C=O) groups is 2. The lowest BCUT2D eigenvalue weighted by atomic mass is 9.85. The Hall–Kier alpha value is -2.27. The second-order valence-electron chi connectivity index (χ2n) is 6.07. The zero-order valence-electron chi connectivity index (χ0n) is 12.9. The molecule has 2 aliphatic carbocycles. The third-order valence-electron chi connectivity index (χ3n) is 4.60. The number of fused-ring (bicyclic) bond motifs is 2. The van der Waals surface area contributed by atoms with E-state index in [1.54, 1.807) is 18.2 Å². The molecule has 4 nitrogen and oxygen atoms in total. The van der Waals surface area contributed by atoms with Gasteiger partial charge in [0.1, 0.15) is 0 Å². The molecular weight excluding hydrogens is 368 g/mol. The maximum atomic E-state index is 12.4. The zero-order chi connectivity index (χ0) is 16.7. The second kappa shape index (κ2) is 5.98. The number of rotatable bonds is 1. The number of amides is 2. The fourth-order valence-electron chi connectivity index (χ4n) is 3.47. The van der Waals surface area contributed by atoms with E-state index in [1.165, 1.54) is 5.57 Å². The second-order valence-corrected chi connectivity index (χ2v) is 6.92. The van der Waals surface area contributed by atoms with Crippen molar-refractivity contribution >= 4 is 33.5 Å². The molecule has 0 spiro atoms. The highest BCUT2D eigenvalue weighted by Crippen LogP contribution is 2.39. The standard InChI is InChI=1S/C19H15BrN2O2/c20-16-7-2-1-4-15(16)19(24)21-11-8-9-13-12-5-3-6-14(12)18(23)22-17(13)10-11/h1-2,4,7-10,13H,3,5-6H2,(H,22,23). The summed E-state index contributed by atoms with van der Waals surface area (Å²) >= 11 is 3.37. The van der Waals surface area contributed by atoms with Crippen LogP contribution in [0.5, 0.6) is 0 Å². The van der Waals surface area contributed by atoms with Crippen LogP contribution in [0.2, 0.25) is 0 Å². The molecule has 0 saturated heterocycles. The number of nitrogens with one attached hydrogen (secondary N) is 1. The van der Waals surface area contributed by atoms with Gasteiger partial charge in [0.15, 0.2) is 0 Å². The first-order chi connectivity index (χ1) is 11.6. The summed E-state index contributed by atoms with van der Waals surface area (Å²) in [6.45, 7) is 0. The molecule has 24 heavy (non-hydrogen) atoms. The van der Waals surface area contributed by atoms with Gasteiger partial charge in [0.2, 0.25) is 0 Å². The molecule has 0 bridgehead atoms. The first kappa shape index (κ1) is 15.3. The SMILES string of the molecule is O=C1NC2=CC(=NC(=O)c3ccccc3Br)C=CC2C2=C1CCC2. The summed E-state index contributed by atoms with van der Waals surface area (Å²) in [4.78, 5) is 28.7. The number of nitrogens with zero attached hydrogens (tertiary/aromatic N) is 1. The van der Waals surface area contributed by atoms with Crippen LogP contribution in [-0.4, -0.2) is 17.5 Å². The van der Waals surface area contributed by atoms with Crippen molar-refractivity contribution in [1.29, 1.82) is 0 Å². The molecule has 1 atom stereocenters. The lowest BCUT2D eigenvalue weighted by molar-refractivity contribution is -0.117. The topological polar surface area (TPSA) is 58.5 Å². The van der Waals surface area contributed by atoms with Crippen molar-refractivity contribution in [2.75, 3.05) is 0 Å². The highest BCUT2D eigenvalue weighted by molar-refractivity contribution is 9.10. The first-order valence-electron chi connectivity index (χ1n) is 7.94. The van der Waals surface area contributed by atoms with Gasteiger partial charge in [-0.15, -0.1) is 0 Å². The van der Waals surface area contributed by atoms with Gasteiger partial charge in [0.05, 0.1) is 11.3 Å². The molecule has 0 radical (unpaired) electrons. The summed E-state index contributed by atoms with van der Waals surface area (Å²) in [6.07, 6.45) is 8.57. The number of benzene rings is 1. The molecule has 1 unspecified atom stereocenters. The van der Waals surface area contributed by atoms with Gasteiger partial charge in [-0.1, -0.05) is 18.2 Å². The van der Waals surface area contributed by atoms with Crippen molar-refractivity contribution in [1.82, 2.24) is 5.32 Å². The fourth-order valence-corrected chi connectivity index (χ4v) is 3.93. The molecule has 1 N–H and O–H groups in total. The van der Waals surface area contributed by atoms with Crippen LogP contribution in [0, 0.1) is 5.92 Å². The van der Waals surface area contributed by atoms with Gasteiger partial charge in [-0.3, -0.25) is 9.59 Å². The normalized spacial score (nSPS) is 23.7. The molecule has 4 rings (SSSR count). The van der Waals surface area contributed by atoms with Crippen molar-refractivity contribution < 1.29 is 9.59 Å². The third kappa shape index (κ3) is 2.59. The Kier molecular flexibility index (Phi) is 3.81. The summed E-state index contributed by atoms with van der Waals surface area (Å²) in [5, 5.41) is 2.96. The van der Waals surface area contributed by atoms with E-state index in [0.29, 0.717) is 11.3 Å². The van der Waals surface area contributed by atoms with Gasteiger partial charge in [0.25, 0.3) is 11.8 Å². The predicted molar refractivity (Wildman–Crippen MR) is 95.6 cm³/mol. The zero-order valence-corrected chi connectivity index (χ0v) is 14.5. The maximum absolute atomic E-state index is 12.4. The molecule has 0 saturated carbocycles. The van der Waals surface area contributed by atoms with Crippen molar-refractivity contribution in [3.05, 3.63) is 69.4 Å². The van der Waals surface area contributed by atoms with Crippen molar-refractivity contribution in [3.8, 4) is 0 Å². The number of carbonyl (C=O) groups excluding carboxylic acids is 2. The lowest BCUT2D eigenvalue weighted by Crippen LogP contribution is -2.35. The van der Waals surface area contributed by atoms with Gasteiger partial charge >= 0.3 is 0 Å². The number of hydrogen-bond donors (Lipinski definition) is 1. The highest BCUT2D eigenvalue weighted by atomic mass is 79.9. The Balaban J connectivity index is 1.64. The average Bonchev–Trinajstić information content (AvgIpc) is 3.05. The quantitative estimate of drug-likeness (QED) is 0.804. The Morgan fingerprint density at radius 2 is 2.08 bits per heavy atom. The number of halogens is 1. The summed E-state index contributed by atoms with van der Waals surface area (Å²) in [5.41, 5.74) is 4.06. The van der Waals surface area contributed by atoms with E-state index in [4.69, 9.17) is 0 Å². The van der Waals surface area contributed by atoms with Gasteiger partial charge in [-0.25, -0.2) is 4.99 Å². The van der Waals surface area contributed by atoms with E-state index in [2.05, 4.69) is 26.2 Å². The molecule has 0 aromatic heterocycles. The maximum Gasteiger partial charge on any atom is 0.278 e. The number of aliphatic imine (C=N–C) groups is 1. The van der Waals surface area contributed by atoms with E-state index in [9.17, 15) is 9.59 Å². The Morgan fingerprint density at radius 3 is 2.92 bits per heavy atom. The summed E-state index contributed by atoms with van der Waals surface area (Å²) in [7, 11) is 0. The molecule has 5 heteroatoms. The van der Waals surface area contributed by atoms with E-state index in [1.807, 2.05) is 24.3 Å². The minimum Gasteiger partial charge on any atom is -0.325 e. The monoisotopic (exact) mass is 382 g/mol. The van der Waals surface area contributed by atoms with Gasteiger partial charge in [-0.05, 0) is 65.1 Å². The van der Waals surface area contributed by atoms with Crippen LogP contribution in [0.25, 0.3) is 0 Å². The van der Waals surface area contributed by atoms with E-state index < -0.39 is 0 Å². The summed E-state index contributed by atoms with van der Waals surface area (Å²) in [6, 6.07) is 7.20.